The summed E-state index contributed by atoms with van der Waals surface area (Å²) >= 11 is 0. The highest BCUT2D eigenvalue weighted by Gasteiger charge is 1.91. The molecular formula is C9H12N2O2. The molecule has 0 radical (unpaired) electrons. The number of hydrogen-bond donors (Lipinski definition) is 2. The zero-order valence-electron chi connectivity index (χ0n) is 7.23. The highest BCUT2D eigenvalue weighted by molar-refractivity contribution is 5.45. The standard InChI is InChI=1S/C9H12N2O2/c12-9-4-2-8(3-5-9)10-6-1-7-11-13/h2-5,10,12H,1,6-7H2. The summed E-state index contributed by atoms with van der Waals surface area (Å²) in [5.74, 6) is 0.250. The second kappa shape index (κ2) is 5.13. The molecule has 1 aromatic carbocycles. The summed E-state index contributed by atoms with van der Waals surface area (Å²) in [6, 6.07) is 6.79. The van der Waals surface area contributed by atoms with Crippen LogP contribution in [0.5, 0.6) is 5.75 Å². The van der Waals surface area contributed by atoms with Gasteiger partial charge in [0.15, 0.2) is 0 Å². The lowest BCUT2D eigenvalue weighted by Gasteiger charge is -2.03. The summed E-state index contributed by atoms with van der Waals surface area (Å²) in [7, 11) is 0. The summed E-state index contributed by atoms with van der Waals surface area (Å²) < 4.78 is 0. The second-order valence-corrected chi connectivity index (χ2v) is 2.68. The van der Waals surface area contributed by atoms with Crippen LogP contribution in [0.15, 0.2) is 29.4 Å². The summed E-state index contributed by atoms with van der Waals surface area (Å²) in [4.78, 5) is 9.75. The van der Waals surface area contributed by atoms with E-state index >= 15 is 0 Å². The fraction of sp³-hybridized carbons (Fsp3) is 0.333. The van der Waals surface area contributed by atoms with Crippen molar-refractivity contribution in [3.8, 4) is 5.75 Å². The Kier molecular flexibility index (Phi) is 3.75. The summed E-state index contributed by atoms with van der Waals surface area (Å²) in [6.45, 7) is 1.06. The predicted octanol–water partition coefficient (Wildman–Crippen LogP) is 1.96. The number of hydrogen-bond acceptors (Lipinski definition) is 4. The summed E-state index contributed by atoms with van der Waals surface area (Å²) in [5.41, 5.74) is 0.934. The molecule has 0 saturated carbocycles. The molecule has 70 valence electrons. The lowest BCUT2D eigenvalue weighted by Crippen LogP contribution is -2.02. The lowest BCUT2D eigenvalue weighted by molar-refractivity contribution is 0.475. The van der Waals surface area contributed by atoms with Crippen LogP contribution in [0.4, 0.5) is 5.69 Å². The quantitative estimate of drug-likeness (QED) is 0.413. The molecule has 0 aliphatic carbocycles. The molecule has 1 rings (SSSR count). The fourth-order valence-corrected chi connectivity index (χ4v) is 0.956. The molecule has 0 bridgehead atoms. The number of rotatable bonds is 5. The number of nitrogens with one attached hydrogen (secondary N) is 1. The number of benzene rings is 1. The first kappa shape index (κ1) is 9.51. The number of aromatic hydroxyl groups is 1. The molecule has 0 amide bonds. The normalized spacial score (nSPS) is 9.54. The van der Waals surface area contributed by atoms with E-state index in [-0.39, 0.29) is 5.75 Å². The molecule has 1 aromatic rings. The molecule has 0 aliphatic heterocycles. The SMILES string of the molecule is O=NCCCNc1ccc(O)cc1. The minimum absolute atomic E-state index is 0.250. The highest BCUT2D eigenvalue weighted by Crippen LogP contribution is 2.13. The van der Waals surface area contributed by atoms with Crippen LogP contribution in [0.3, 0.4) is 0 Å². The Morgan fingerprint density at radius 1 is 1.31 bits per heavy atom. The molecular weight excluding hydrogens is 168 g/mol. The first-order valence-electron chi connectivity index (χ1n) is 4.15. The summed E-state index contributed by atoms with van der Waals surface area (Å²) in [5, 5.41) is 14.8. The molecule has 4 nitrogen and oxygen atoms in total. The van der Waals surface area contributed by atoms with E-state index in [0.29, 0.717) is 6.54 Å². The third-order valence-electron chi connectivity index (χ3n) is 1.62. The van der Waals surface area contributed by atoms with Crippen molar-refractivity contribution in [2.45, 2.75) is 6.42 Å². The van der Waals surface area contributed by atoms with E-state index in [2.05, 4.69) is 10.5 Å². The van der Waals surface area contributed by atoms with Crippen LogP contribution >= 0.6 is 0 Å². The van der Waals surface area contributed by atoms with E-state index in [9.17, 15) is 4.91 Å². The average molecular weight is 180 g/mol. The Hall–Kier alpha value is -1.58. The van der Waals surface area contributed by atoms with E-state index in [1.165, 1.54) is 0 Å². The average Bonchev–Trinajstić information content (AvgIpc) is 2.15. The topological polar surface area (TPSA) is 61.7 Å². The monoisotopic (exact) mass is 180 g/mol. The number of phenolic OH excluding ortho intramolecular Hbond substituents is 1. The minimum atomic E-state index is 0.250. The molecule has 0 aliphatic rings. The van der Waals surface area contributed by atoms with E-state index in [0.717, 1.165) is 18.7 Å². The van der Waals surface area contributed by atoms with Crippen molar-refractivity contribution in [3.05, 3.63) is 29.2 Å². The van der Waals surface area contributed by atoms with Gasteiger partial charge < -0.3 is 10.4 Å². The van der Waals surface area contributed by atoms with Gasteiger partial charge in [0.25, 0.3) is 0 Å². The zero-order chi connectivity index (χ0) is 9.52. The van der Waals surface area contributed by atoms with Gasteiger partial charge in [-0.3, -0.25) is 0 Å². The number of phenols is 1. The zero-order valence-corrected chi connectivity index (χ0v) is 7.23. The van der Waals surface area contributed by atoms with Crippen LogP contribution in [0.25, 0.3) is 0 Å². The van der Waals surface area contributed by atoms with Crippen molar-refractivity contribution in [1.29, 1.82) is 0 Å². The molecule has 2 N–H and O–H groups in total. The largest absolute Gasteiger partial charge is 0.508 e. The molecule has 0 heterocycles. The predicted molar refractivity (Wildman–Crippen MR) is 51.9 cm³/mol. The molecule has 0 aromatic heterocycles. The fourth-order valence-electron chi connectivity index (χ4n) is 0.956. The van der Waals surface area contributed by atoms with Crippen molar-refractivity contribution in [2.24, 2.45) is 5.18 Å². The van der Waals surface area contributed by atoms with Gasteiger partial charge in [-0.05, 0) is 30.7 Å². The molecule has 0 spiro atoms. The maximum absolute atomic E-state index is 9.75. The van der Waals surface area contributed by atoms with Crippen LogP contribution in [-0.2, 0) is 0 Å². The van der Waals surface area contributed by atoms with E-state index < -0.39 is 0 Å². The van der Waals surface area contributed by atoms with Gasteiger partial charge in [-0.15, -0.1) is 0 Å². The van der Waals surface area contributed by atoms with Crippen LogP contribution in [-0.4, -0.2) is 18.2 Å². The molecule has 4 heteroatoms. The van der Waals surface area contributed by atoms with Crippen molar-refractivity contribution < 1.29 is 5.11 Å². The Balaban J connectivity index is 2.28. The Morgan fingerprint density at radius 3 is 2.62 bits per heavy atom. The molecule has 0 atom stereocenters. The minimum Gasteiger partial charge on any atom is -0.508 e. The number of nitrogens with zero attached hydrogens (tertiary/aromatic N) is 1. The Labute approximate surface area is 76.6 Å². The maximum atomic E-state index is 9.75. The Morgan fingerprint density at radius 2 is 2.00 bits per heavy atom. The first-order valence-corrected chi connectivity index (χ1v) is 4.15. The van der Waals surface area contributed by atoms with Gasteiger partial charge in [0, 0.05) is 12.2 Å². The van der Waals surface area contributed by atoms with E-state index in [4.69, 9.17) is 5.11 Å². The smallest absolute Gasteiger partial charge is 0.115 e. The van der Waals surface area contributed by atoms with Crippen LogP contribution < -0.4 is 5.32 Å². The van der Waals surface area contributed by atoms with Gasteiger partial charge in [-0.1, -0.05) is 5.18 Å². The summed E-state index contributed by atoms with van der Waals surface area (Å²) in [6.07, 6.45) is 0.727. The van der Waals surface area contributed by atoms with Gasteiger partial charge in [-0.25, -0.2) is 0 Å². The second-order valence-electron chi connectivity index (χ2n) is 2.68. The van der Waals surface area contributed by atoms with Gasteiger partial charge in [0.1, 0.15) is 5.75 Å². The number of nitroso groups, excluding NO2 is 1. The first-order chi connectivity index (χ1) is 6.33. The van der Waals surface area contributed by atoms with Crippen LogP contribution in [0, 0.1) is 4.91 Å². The van der Waals surface area contributed by atoms with Crippen LogP contribution in [0.1, 0.15) is 6.42 Å². The van der Waals surface area contributed by atoms with E-state index in [1.54, 1.807) is 24.3 Å². The lowest BCUT2D eigenvalue weighted by atomic mass is 10.3. The highest BCUT2D eigenvalue weighted by atomic mass is 16.3. The molecule has 0 unspecified atom stereocenters. The van der Waals surface area contributed by atoms with Gasteiger partial charge in [-0.2, -0.15) is 4.91 Å². The Bertz CT molecular complexity index is 259. The molecule has 0 fully saturated rings. The number of anilines is 1. The van der Waals surface area contributed by atoms with Gasteiger partial charge in [0.05, 0.1) is 6.54 Å². The van der Waals surface area contributed by atoms with Gasteiger partial charge >= 0.3 is 0 Å². The maximum Gasteiger partial charge on any atom is 0.115 e. The third kappa shape index (κ3) is 3.55. The van der Waals surface area contributed by atoms with Crippen molar-refractivity contribution >= 4 is 5.69 Å². The van der Waals surface area contributed by atoms with Crippen molar-refractivity contribution in [3.63, 3.8) is 0 Å². The van der Waals surface area contributed by atoms with Crippen molar-refractivity contribution in [2.75, 3.05) is 18.4 Å². The van der Waals surface area contributed by atoms with E-state index in [1.807, 2.05) is 0 Å². The molecule has 0 saturated heterocycles. The third-order valence-corrected chi connectivity index (χ3v) is 1.62. The van der Waals surface area contributed by atoms with Crippen molar-refractivity contribution in [1.82, 2.24) is 0 Å². The molecule has 13 heavy (non-hydrogen) atoms. The van der Waals surface area contributed by atoms with Crippen LogP contribution in [0.2, 0.25) is 0 Å². The van der Waals surface area contributed by atoms with Gasteiger partial charge in [0.2, 0.25) is 0 Å².